The fraction of sp³-hybridized carbons (Fsp3) is 0.581. The number of carboxylic acids is 1. The molecule has 1 fully saturated rings. The first kappa shape index (κ1) is 53.6. The van der Waals surface area contributed by atoms with Crippen LogP contribution in [0.15, 0.2) is 41.8 Å². The molecule has 23 heteroatoms. The number of likely N-dealkylation sites (N-methyl/N-ethyl adjacent to an activating group) is 1. The maximum atomic E-state index is 14.3. The number of carbonyl (C=O) groups excluding carboxylic acids is 7. The summed E-state index contributed by atoms with van der Waals surface area (Å²) >= 11 is 0. The van der Waals surface area contributed by atoms with E-state index in [-0.39, 0.29) is 50.5 Å². The highest BCUT2D eigenvalue weighted by atomic mass is 16.4. The summed E-state index contributed by atoms with van der Waals surface area (Å²) in [5.41, 5.74) is 11.9. The number of nitrogens with zero attached hydrogens (tertiary/aromatic N) is 3. The smallest absolute Gasteiger partial charge is 0.325 e. The number of likely N-dealkylation sites (tertiary alicyclic amines) is 1. The fourth-order valence-corrected chi connectivity index (χ4v) is 7.07. The zero-order valence-electron chi connectivity index (χ0n) is 38.6. The number of hydrogen-bond donors (Lipinski definition) is 12. The Hall–Kier alpha value is -6.78. The number of aromatic amines is 1. The third kappa shape index (κ3) is 16.3. The number of phenols is 1. The molecule has 8 atom stereocenters. The van der Waals surface area contributed by atoms with Crippen LogP contribution in [0.1, 0.15) is 78.5 Å². The van der Waals surface area contributed by atoms with Gasteiger partial charge in [-0.2, -0.15) is 0 Å². The predicted molar refractivity (Wildman–Crippen MR) is 242 cm³/mol. The molecule has 0 radical (unpaired) electrons. The summed E-state index contributed by atoms with van der Waals surface area (Å²) in [6.07, 6.45) is 3.82. The van der Waals surface area contributed by atoms with Crippen molar-refractivity contribution in [3.05, 3.63) is 48.0 Å². The molecule has 1 aromatic heterocycles. The van der Waals surface area contributed by atoms with E-state index in [2.05, 4.69) is 52.2 Å². The maximum Gasteiger partial charge on any atom is 0.325 e. The zero-order chi connectivity index (χ0) is 49.2. The van der Waals surface area contributed by atoms with Crippen LogP contribution >= 0.6 is 0 Å². The summed E-state index contributed by atoms with van der Waals surface area (Å²) in [6.45, 7) is 9.96. The van der Waals surface area contributed by atoms with Crippen molar-refractivity contribution in [1.82, 2.24) is 52.1 Å². The number of carbonyl (C=O) groups is 8. The van der Waals surface area contributed by atoms with E-state index >= 15 is 0 Å². The Morgan fingerprint density at radius 1 is 0.773 bits per heavy atom. The van der Waals surface area contributed by atoms with Crippen molar-refractivity contribution in [3.63, 3.8) is 0 Å². The van der Waals surface area contributed by atoms with Gasteiger partial charge < -0.3 is 68.8 Å². The summed E-state index contributed by atoms with van der Waals surface area (Å²) in [6, 6.07) is -3.11. The third-order valence-electron chi connectivity index (χ3n) is 11.1. The van der Waals surface area contributed by atoms with Crippen molar-refractivity contribution in [1.29, 1.82) is 0 Å². The lowest BCUT2D eigenvalue weighted by Crippen LogP contribution is -2.62. The lowest BCUT2D eigenvalue weighted by Gasteiger charge is -2.31. The first-order valence-corrected chi connectivity index (χ1v) is 22.0. The van der Waals surface area contributed by atoms with E-state index in [0.29, 0.717) is 24.1 Å². The van der Waals surface area contributed by atoms with Gasteiger partial charge in [-0.3, -0.25) is 43.3 Å². The number of aromatic hydroxyl groups is 1. The second kappa shape index (κ2) is 25.6. The first-order valence-electron chi connectivity index (χ1n) is 22.0. The van der Waals surface area contributed by atoms with Crippen LogP contribution in [0.5, 0.6) is 5.75 Å². The molecule has 2 heterocycles. The molecule has 0 unspecified atom stereocenters. The average Bonchev–Trinajstić information content (AvgIpc) is 3.98. The van der Waals surface area contributed by atoms with Gasteiger partial charge in [0.1, 0.15) is 48.0 Å². The van der Waals surface area contributed by atoms with Crippen LogP contribution in [0, 0.1) is 11.8 Å². The summed E-state index contributed by atoms with van der Waals surface area (Å²) in [5, 5.41) is 38.1. The van der Waals surface area contributed by atoms with Crippen LogP contribution in [0.2, 0.25) is 0 Å². The minimum atomic E-state index is -1.35. The Balaban J connectivity index is 1.89. The number of aromatic nitrogens is 2. The molecule has 3 rings (SSSR count). The molecule has 0 saturated carbocycles. The summed E-state index contributed by atoms with van der Waals surface area (Å²) < 4.78 is 0. The van der Waals surface area contributed by atoms with E-state index in [1.807, 2.05) is 0 Å². The molecule has 66 heavy (non-hydrogen) atoms. The number of amides is 7. The van der Waals surface area contributed by atoms with E-state index in [9.17, 15) is 48.6 Å². The van der Waals surface area contributed by atoms with Crippen molar-refractivity contribution in [3.8, 4) is 5.75 Å². The highest BCUT2D eigenvalue weighted by Gasteiger charge is 2.40. The van der Waals surface area contributed by atoms with Gasteiger partial charge in [-0.25, -0.2) is 4.98 Å². The number of rotatable bonds is 25. The summed E-state index contributed by atoms with van der Waals surface area (Å²) in [7, 11) is 1.58. The van der Waals surface area contributed by atoms with Gasteiger partial charge in [0.2, 0.25) is 41.4 Å². The number of aliphatic carboxylic acids is 1. The molecule has 1 aliphatic heterocycles. The quantitative estimate of drug-likeness (QED) is 0.0288. The molecular weight excluding hydrogens is 859 g/mol. The van der Waals surface area contributed by atoms with Crippen LogP contribution in [0.3, 0.4) is 0 Å². The van der Waals surface area contributed by atoms with Crippen molar-refractivity contribution in [2.24, 2.45) is 28.3 Å². The first-order chi connectivity index (χ1) is 31.1. The number of benzene rings is 1. The zero-order valence-corrected chi connectivity index (χ0v) is 38.6. The number of hydrogen-bond acceptors (Lipinski definition) is 12. The van der Waals surface area contributed by atoms with Gasteiger partial charge in [0.05, 0.1) is 12.4 Å². The van der Waals surface area contributed by atoms with Gasteiger partial charge in [0, 0.05) is 37.8 Å². The SMILES string of the molecule is CN[C@@H](C)C(=O)N[C@@H](CCCN=C(N)N)C(=O)N[C@H](C(=O)N[C@@H](Cc1ccc(O)cc1)C(=O)N[C@H](C(=O)N[C@@H](Cc1cnc[nH]1)C(=O)N1CCC[C@H]1C(=O)N[C@@H](C)C(=O)O)C(C)C)C(C)C. The Morgan fingerprint density at radius 2 is 1.35 bits per heavy atom. The van der Waals surface area contributed by atoms with Crippen LogP contribution < -0.4 is 48.7 Å². The Kier molecular flexibility index (Phi) is 20.8. The van der Waals surface area contributed by atoms with E-state index in [0.717, 1.165) is 0 Å². The average molecular weight is 926 g/mol. The Morgan fingerprint density at radius 3 is 1.88 bits per heavy atom. The maximum absolute atomic E-state index is 14.3. The molecule has 0 bridgehead atoms. The number of carboxylic acid groups (broad SMARTS) is 1. The van der Waals surface area contributed by atoms with Crippen molar-refractivity contribution >= 4 is 53.3 Å². The van der Waals surface area contributed by atoms with Crippen molar-refractivity contribution in [2.75, 3.05) is 20.1 Å². The monoisotopic (exact) mass is 926 g/mol. The minimum absolute atomic E-state index is 0.0399. The number of phenolic OH excluding ortho intramolecular Hbond substituents is 1. The van der Waals surface area contributed by atoms with Crippen LogP contribution in [0.25, 0.3) is 0 Å². The van der Waals surface area contributed by atoms with E-state index in [1.165, 1.54) is 36.5 Å². The minimum Gasteiger partial charge on any atom is -0.508 e. The molecule has 364 valence electrons. The molecule has 1 aliphatic rings. The molecule has 2 aromatic rings. The number of imidazole rings is 1. The number of guanidine groups is 1. The van der Waals surface area contributed by atoms with E-state index in [4.69, 9.17) is 11.5 Å². The summed E-state index contributed by atoms with van der Waals surface area (Å²) in [5.74, 6) is -7.21. The van der Waals surface area contributed by atoms with Crippen molar-refractivity contribution < 1.29 is 48.6 Å². The normalized spacial score (nSPS) is 16.7. The van der Waals surface area contributed by atoms with Crippen LogP contribution in [-0.4, -0.2) is 147 Å². The van der Waals surface area contributed by atoms with Gasteiger partial charge in [0.25, 0.3) is 0 Å². The topological polar surface area (TPSA) is 358 Å². The van der Waals surface area contributed by atoms with Crippen molar-refractivity contribution in [2.45, 2.75) is 128 Å². The highest BCUT2D eigenvalue weighted by Crippen LogP contribution is 2.21. The lowest BCUT2D eigenvalue weighted by molar-refractivity contribution is -0.144. The van der Waals surface area contributed by atoms with Gasteiger partial charge >= 0.3 is 5.97 Å². The molecule has 0 spiro atoms. The molecule has 1 saturated heterocycles. The lowest BCUT2D eigenvalue weighted by atomic mass is 9.98. The number of H-pyrrole nitrogens is 1. The van der Waals surface area contributed by atoms with Gasteiger partial charge in [-0.15, -0.1) is 0 Å². The molecule has 1 aromatic carbocycles. The van der Waals surface area contributed by atoms with E-state index in [1.54, 1.807) is 53.8 Å². The largest absolute Gasteiger partial charge is 0.508 e. The molecule has 0 aliphatic carbocycles. The van der Waals surface area contributed by atoms with Gasteiger partial charge in [0.15, 0.2) is 5.96 Å². The standard InChI is InChI=1S/C43H67N13O10/c1-22(2)33(54-36(59)29(10-8-16-48-43(44)45)51-35(58)24(5)46-7)39(62)52-30(18-26-12-14-28(57)15-13-26)37(60)55-34(23(3)4)40(63)53-31(19-27-20-47-21-49-27)41(64)56-17-9-11-32(56)38(61)50-25(6)42(65)66/h12-15,20-25,29-34,46,57H,8-11,16-19H2,1-7H3,(H,47,49)(H,50,61)(H,51,58)(H,52,62)(H,53,63)(H,54,59)(H,55,60)(H,65,66)(H4,44,45,48)/t24-,25-,29-,30-,31-,32-,33-,34-/m0/s1. The predicted octanol–water partition coefficient (Wildman–Crippen LogP) is -2.12. The number of aliphatic imine (C=N–C) groups is 1. The van der Waals surface area contributed by atoms with Gasteiger partial charge in [-0.1, -0.05) is 39.8 Å². The third-order valence-corrected chi connectivity index (χ3v) is 11.1. The van der Waals surface area contributed by atoms with Crippen LogP contribution in [-0.2, 0) is 51.2 Å². The second-order valence-electron chi connectivity index (χ2n) is 17.0. The molecule has 23 nitrogen and oxygen atoms in total. The number of nitrogens with one attached hydrogen (secondary N) is 8. The molecule has 14 N–H and O–H groups in total. The molecule has 7 amide bonds. The van der Waals surface area contributed by atoms with Gasteiger partial charge in [-0.05, 0) is 76.1 Å². The van der Waals surface area contributed by atoms with Crippen LogP contribution in [0.4, 0.5) is 0 Å². The number of nitrogens with two attached hydrogens (primary N) is 2. The Labute approximate surface area is 383 Å². The molecular formula is C43H67N13O10. The second-order valence-corrected chi connectivity index (χ2v) is 17.0. The fourth-order valence-electron chi connectivity index (χ4n) is 7.07. The highest BCUT2D eigenvalue weighted by molar-refractivity contribution is 5.98. The summed E-state index contributed by atoms with van der Waals surface area (Å²) in [4.78, 5) is 120. The van der Waals surface area contributed by atoms with E-state index < -0.39 is 107 Å². The Bertz CT molecular complexity index is 2010.